The lowest BCUT2D eigenvalue weighted by Crippen LogP contribution is -2.45. The van der Waals surface area contributed by atoms with Gasteiger partial charge in [0.05, 0.1) is 32.4 Å². The lowest BCUT2D eigenvalue weighted by molar-refractivity contribution is -0.161. The van der Waals surface area contributed by atoms with Gasteiger partial charge in [0.1, 0.15) is 25.9 Å². The summed E-state index contributed by atoms with van der Waals surface area (Å²) in [5.74, 6) is -6.12. The maximum atomic E-state index is 13.4. The summed E-state index contributed by atoms with van der Waals surface area (Å²) in [6.07, 6.45) is 35.5. The molecular weight excluding hydrogens is 1400 g/mol. The molecule has 2 aliphatic rings. The van der Waals surface area contributed by atoms with E-state index in [9.17, 15) is 67.3 Å². The van der Waals surface area contributed by atoms with Gasteiger partial charge in [-0.15, -0.1) is 0 Å². The number of ketones is 2. The number of nitrogens with one attached hydrogen (secondary N) is 5. The molecule has 2 unspecified atom stereocenters. The molecule has 2 rings (SSSR count). The van der Waals surface area contributed by atoms with E-state index in [4.69, 9.17) is 32.7 Å². The van der Waals surface area contributed by atoms with Gasteiger partial charge in [-0.25, -0.2) is 14.2 Å². The van der Waals surface area contributed by atoms with Crippen LogP contribution in [0.3, 0.4) is 0 Å². The number of rotatable bonds is 71. The second kappa shape index (κ2) is 62.1. The van der Waals surface area contributed by atoms with E-state index >= 15 is 0 Å². The van der Waals surface area contributed by atoms with Gasteiger partial charge in [0.15, 0.2) is 29.9 Å². The van der Waals surface area contributed by atoms with Crippen LogP contribution in [0.25, 0.3) is 0 Å². The van der Waals surface area contributed by atoms with Crippen LogP contribution in [0.15, 0.2) is 0 Å². The molecule has 618 valence electrons. The van der Waals surface area contributed by atoms with Crippen molar-refractivity contribution in [1.82, 2.24) is 31.5 Å². The third-order valence-electron chi connectivity index (χ3n) is 19.1. The van der Waals surface area contributed by atoms with Crippen LogP contribution in [0.4, 0.5) is 4.79 Å². The molecule has 0 aromatic carbocycles. The number of carbonyl (C=O) groups is 11. The molecule has 7 N–H and O–H groups in total. The quantitative estimate of drug-likeness (QED) is 0.00977. The number of unbranched alkanes of at least 4 members (excludes halogenated alkanes) is 31. The lowest BCUT2D eigenvalue weighted by Gasteiger charge is -2.27. The highest BCUT2D eigenvalue weighted by Gasteiger charge is 2.51. The average molecular weight is 1540 g/mol. The Kier molecular flexibility index (Phi) is 56.6. The summed E-state index contributed by atoms with van der Waals surface area (Å²) in [6.45, 7) is 10.5. The van der Waals surface area contributed by atoms with Crippen LogP contribution < -0.4 is 26.6 Å². The van der Waals surface area contributed by atoms with Crippen LogP contribution in [0.5, 0.6) is 0 Å². The monoisotopic (exact) mass is 1540 g/mol. The third-order valence-corrected chi connectivity index (χ3v) is 20.1. The van der Waals surface area contributed by atoms with Gasteiger partial charge in [0.25, 0.3) is 5.91 Å². The number of amides is 6. The number of carboxylic acid groups (broad SMARTS) is 1. The molecule has 2 aliphatic heterocycles. The number of hydrogen-bond acceptors (Lipinski definition) is 19. The van der Waals surface area contributed by atoms with Crippen molar-refractivity contribution in [3.8, 4) is 0 Å². The summed E-state index contributed by atoms with van der Waals surface area (Å²) in [6, 6.07) is -1.91. The predicted molar refractivity (Wildman–Crippen MR) is 409 cm³/mol. The fraction of sp³-hybridized carbons (Fsp3) is 0.861. The molecule has 0 aromatic heterocycles. The summed E-state index contributed by atoms with van der Waals surface area (Å²) < 4.78 is 49.9. The molecule has 0 radical (unpaired) electrons. The molecule has 28 heteroatoms. The van der Waals surface area contributed by atoms with Crippen molar-refractivity contribution in [2.45, 2.75) is 348 Å². The number of phosphoric ester groups is 1. The summed E-state index contributed by atoms with van der Waals surface area (Å²) >= 11 is 0. The minimum Gasteiger partial charge on any atom is -0.480 e. The van der Waals surface area contributed by atoms with E-state index < -0.39 is 117 Å². The Balaban J connectivity index is 1.59. The zero-order valence-corrected chi connectivity index (χ0v) is 67.2. The maximum Gasteiger partial charge on any atom is 0.472 e. The van der Waals surface area contributed by atoms with Crippen molar-refractivity contribution >= 4 is 72.9 Å². The normalized spacial score (nSPS) is 16.1. The first-order valence-corrected chi connectivity index (χ1v) is 42.8. The number of hydrogen-bond donors (Lipinski definition) is 7. The van der Waals surface area contributed by atoms with E-state index in [1.54, 1.807) is 0 Å². The molecule has 6 amide bonds. The Bertz CT molecular complexity index is 2560. The highest BCUT2D eigenvalue weighted by atomic mass is 31.2. The second-order valence-electron chi connectivity index (χ2n) is 30.0. The van der Waals surface area contributed by atoms with Gasteiger partial charge in [-0.1, -0.05) is 234 Å². The first-order valence-electron chi connectivity index (χ1n) is 41.3. The molecule has 2 fully saturated rings. The second-order valence-corrected chi connectivity index (χ2v) is 31.4. The smallest absolute Gasteiger partial charge is 0.472 e. The van der Waals surface area contributed by atoms with Gasteiger partial charge in [0.2, 0.25) is 23.6 Å². The van der Waals surface area contributed by atoms with Crippen LogP contribution in [0.1, 0.15) is 318 Å². The molecule has 0 aromatic rings. The van der Waals surface area contributed by atoms with Gasteiger partial charge in [0, 0.05) is 64.2 Å². The Labute approximate surface area is 639 Å². The number of Topliss-reactive ketones (excluding diaryl/α,β-unsaturated/α-hetero) is 2. The minimum atomic E-state index is -4.72. The topological polar surface area (TPSA) is 377 Å². The van der Waals surface area contributed by atoms with E-state index in [2.05, 4.69) is 40.4 Å². The van der Waals surface area contributed by atoms with Crippen LogP contribution >= 0.6 is 7.82 Å². The standard InChI is InChI=1S/C79H141N6O21P/c1-7-9-11-13-15-17-19-21-23-25-27-29-31-33-37-43-72(91)102-58-64(105-73(92)44-38-34-32-30-28-26-24-22-20-18-16-14-12-10-8-2)59-104-107(98,99)103-51-49-82-79(97)101-53-52-100-60-71(90)81-48-40-36-35-39-47-80-70(89)57-83-69(88)46-45-67(86)65(55-62(5)6)84-76(93)75-74(106-75)68(87)56-63(54-61(3)4)77(94)85-50-41-42-66(85)78(95)96/h61-66,74-75H,7-60H2,1-6H3,(H,80,89)(H,81,90)(H,82,97)(H,83,88)(H,84,93)(H,95,96)(H,98,99)/t63-,64-,65+,66+,74-,75?/m1/s1. The van der Waals surface area contributed by atoms with Gasteiger partial charge in [-0.2, -0.15) is 0 Å². The number of esters is 2. The maximum absolute atomic E-state index is 13.4. The highest BCUT2D eigenvalue weighted by Crippen LogP contribution is 2.43. The zero-order valence-electron chi connectivity index (χ0n) is 66.3. The summed E-state index contributed by atoms with van der Waals surface area (Å²) in [7, 11) is -4.72. The van der Waals surface area contributed by atoms with Crippen LogP contribution in [0.2, 0.25) is 0 Å². The molecule has 0 saturated carbocycles. The number of phosphoric acid groups is 1. The zero-order chi connectivity index (χ0) is 78.7. The van der Waals surface area contributed by atoms with Gasteiger partial charge >= 0.3 is 31.8 Å². The van der Waals surface area contributed by atoms with Crippen molar-refractivity contribution in [3.63, 3.8) is 0 Å². The molecule has 0 aliphatic carbocycles. The van der Waals surface area contributed by atoms with Crippen molar-refractivity contribution in [3.05, 3.63) is 0 Å². The highest BCUT2D eigenvalue weighted by molar-refractivity contribution is 7.47. The van der Waals surface area contributed by atoms with Gasteiger partial charge in [-0.3, -0.25) is 52.2 Å². The number of ether oxygens (including phenoxy) is 5. The average Bonchev–Trinajstić information content (AvgIpc) is 1.64. The van der Waals surface area contributed by atoms with Gasteiger partial charge < -0.3 is 65.2 Å². The predicted octanol–water partition coefficient (Wildman–Crippen LogP) is 13.1. The minimum absolute atomic E-state index is 0.0231. The molecule has 7 atom stereocenters. The van der Waals surface area contributed by atoms with Crippen molar-refractivity contribution in [2.75, 3.05) is 72.4 Å². The molecule has 27 nitrogen and oxygen atoms in total. The van der Waals surface area contributed by atoms with Crippen molar-refractivity contribution in [1.29, 1.82) is 0 Å². The van der Waals surface area contributed by atoms with Crippen LogP contribution in [0, 0.1) is 17.8 Å². The number of likely N-dealkylation sites (tertiary alicyclic amines) is 1. The Hall–Kier alpha value is -5.60. The molecule has 2 saturated heterocycles. The summed E-state index contributed by atoms with van der Waals surface area (Å²) in [4.78, 5) is 152. The largest absolute Gasteiger partial charge is 0.480 e. The lowest BCUT2D eigenvalue weighted by atomic mass is 9.89. The van der Waals surface area contributed by atoms with E-state index in [1.165, 1.54) is 146 Å². The molecule has 0 bridgehead atoms. The number of carbonyl (C=O) groups excluding carboxylic acids is 10. The van der Waals surface area contributed by atoms with Crippen molar-refractivity contribution in [2.24, 2.45) is 17.8 Å². The Morgan fingerprint density at radius 2 is 1.02 bits per heavy atom. The Morgan fingerprint density at radius 1 is 0.514 bits per heavy atom. The first kappa shape index (κ1) is 97.5. The molecular formula is C79H141N6O21P. The van der Waals surface area contributed by atoms with E-state index in [0.29, 0.717) is 58.0 Å². The summed E-state index contributed by atoms with van der Waals surface area (Å²) in [5, 5.41) is 22.6. The van der Waals surface area contributed by atoms with E-state index in [-0.39, 0.29) is 102 Å². The molecule has 0 spiro atoms. The molecule has 107 heavy (non-hydrogen) atoms. The van der Waals surface area contributed by atoms with Crippen LogP contribution in [-0.4, -0.2) is 183 Å². The fourth-order valence-electron chi connectivity index (χ4n) is 13.0. The van der Waals surface area contributed by atoms with Crippen molar-refractivity contribution < 1.29 is 100 Å². The number of alkyl carbamates (subject to hydrolysis) is 1. The van der Waals surface area contributed by atoms with Crippen LogP contribution in [-0.2, 0) is 85.2 Å². The fourth-order valence-corrected chi connectivity index (χ4v) is 13.7. The SMILES string of the molecule is CCCCCCCCCCCCCCCCCC(=O)OC[C@H](COP(=O)(O)OCCNC(=O)OCCOCC(=O)NCCCCCCNC(=O)CNC(=O)CCC(=O)[C@H](CC(C)C)NC(=O)C1O[C@@H]1C(=O)C[C@@H](CC(C)C)C(=O)N1CCC[C@H]1C(=O)O)OC(=O)CCCCCCCCCCCCCCCCC. The molecule has 2 heterocycles. The first-order chi connectivity index (χ1) is 51.5. The third kappa shape index (κ3) is 52.3. The number of epoxide rings is 1. The summed E-state index contributed by atoms with van der Waals surface area (Å²) in [5.41, 5.74) is 0. The van der Waals surface area contributed by atoms with E-state index in [0.717, 1.165) is 51.4 Å². The van der Waals surface area contributed by atoms with Gasteiger partial charge in [-0.05, 0) is 63.2 Å². The number of carboxylic acids is 1. The number of aliphatic carboxylic acids is 1. The number of nitrogens with zero attached hydrogens (tertiary/aromatic N) is 1. The Morgan fingerprint density at radius 3 is 1.54 bits per heavy atom. The van der Waals surface area contributed by atoms with E-state index in [1.807, 2.05) is 27.7 Å².